The minimum absolute atomic E-state index is 0.372. The Kier molecular flexibility index (Phi) is 5.50. The average molecular weight is 443 g/mol. The van der Waals surface area contributed by atoms with E-state index in [0.29, 0.717) is 53.5 Å². The second-order valence-electron chi connectivity index (χ2n) is 7.27. The van der Waals surface area contributed by atoms with Crippen LogP contribution in [0.3, 0.4) is 0 Å². The van der Waals surface area contributed by atoms with E-state index < -0.39 is 0 Å². The van der Waals surface area contributed by atoms with Gasteiger partial charge in [-0.15, -0.1) is 0 Å². The van der Waals surface area contributed by atoms with Crippen molar-refractivity contribution in [2.24, 2.45) is 0 Å². The minimum Gasteiger partial charge on any atom is -0.486 e. The monoisotopic (exact) mass is 443 g/mol. The van der Waals surface area contributed by atoms with E-state index in [1.807, 2.05) is 36.0 Å². The molecule has 2 aromatic carbocycles. The summed E-state index contributed by atoms with van der Waals surface area (Å²) >= 11 is 0. The van der Waals surface area contributed by atoms with E-state index in [1.165, 1.54) is 0 Å². The number of ether oxygens (including phenoxy) is 3. The second kappa shape index (κ2) is 8.91. The Hall–Kier alpha value is -4.53. The van der Waals surface area contributed by atoms with Crippen LogP contribution >= 0.6 is 0 Å². The topological polar surface area (TPSA) is 99.5 Å². The van der Waals surface area contributed by atoms with Crippen molar-refractivity contribution in [3.05, 3.63) is 78.9 Å². The maximum Gasteiger partial charge on any atom is 0.323 e. The van der Waals surface area contributed by atoms with Gasteiger partial charge in [0.15, 0.2) is 11.5 Å². The predicted octanol–water partition coefficient (Wildman–Crippen LogP) is 4.78. The standard InChI is InChI=1S/C24H21N5O4/c1-16-25-22(29-10-2-3-11-29)15-23(26-16)33-19-7-4-17(5-8-19)27-24(30)28-18-6-9-20-21(14-18)32-13-12-31-20/h2-11,14-15H,12-13H2,1H3,(H2,27,28,30). The summed E-state index contributed by atoms with van der Waals surface area (Å²) < 4.78 is 18.8. The molecule has 3 heterocycles. The van der Waals surface area contributed by atoms with Crippen LogP contribution in [0.4, 0.5) is 16.2 Å². The van der Waals surface area contributed by atoms with Gasteiger partial charge in [0.25, 0.3) is 0 Å². The van der Waals surface area contributed by atoms with Gasteiger partial charge in [0, 0.05) is 35.9 Å². The number of carbonyl (C=O) groups is 1. The fourth-order valence-corrected chi connectivity index (χ4v) is 3.34. The highest BCUT2D eigenvalue weighted by molar-refractivity contribution is 5.99. The SMILES string of the molecule is Cc1nc(Oc2ccc(NC(=O)Nc3ccc4c(c3)OCCO4)cc2)cc(-n2cccc2)n1. The molecule has 0 saturated heterocycles. The van der Waals surface area contributed by atoms with Gasteiger partial charge < -0.3 is 29.4 Å². The number of fused-ring (bicyclic) bond motifs is 1. The lowest BCUT2D eigenvalue weighted by Gasteiger charge is -2.19. The molecule has 1 aliphatic rings. The number of nitrogens with one attached hydrogen (secondary N) is 2. The van der Waals surface area contributed by atoms with Crippen molar-refractivity contribution in [3.63, 3.8) is 0 Å². The molecular weight excluding hydrogens is 422 g/mol. The summed E-state index contributed by atoms with van der Waals surface area (Å²) in [4.78, 5) is 21.1. The molecule has 4 aromatic rings. The molecule has 0 bridgehead atoms. The van der Waals surface area contributed by atoms with Crippen LogP contribution in [0.5, 0.6) is 23.1 Å². The first-order valence-electron chi connectivity index (χ1n) is 10.4. The van der Waals surface area contributed by atoms with Crippen molar-refractivity contribution in [1.82, 2.24) is 14.5 Å². The molecule has 9 nitrogen and oxygen atoms in total. The fraction of sp³-hybridized carbons (Fsp3) is 0.125. The lowest BCUT2D eigenvalue weighted by molar-refractivity contribution is 0.171. The molecule has 0 atom stereocenters. The van der Waals surface area contributed by atoms with Crippen molar-refractivity contribution in [1.29, 1.82) is 0 Å². The quantitative estimate of drug-likeness (QED) is 0.460. The highest BCUT2D eigenvalue weighted by Crippen LogP contribution is 2.32. The number of aromatic nitrogens is 3. The van der Waals surface area contributed by atoms with E-state index >= 15 is 0 Å². The molecule has 166 valence electrons. The molecule has 0 radical (unpaired) electrons. The van der Waals surface area contributed by atoms with Crippen LogP contribution in [0.1, 0.15) is 5.82 Å². The smallest absolute Gasteiger partial charge is 0.323 e. The van der Waals surface area contributed by atoms with Crippen molar-refractivity contribution in [2.45, 2.75) is 6.92 Å². The van der Waals surface area contributed by atoms with Gasteiger partial charge in [-0.2, -0.15) is 4.98 Å². The number of nitrogens with zero attached hydrogens (tertiary/aromatic N) is 3. The summed E-state index contributed by atoms with van der Waals surface area (Å²) in [6.45, 7) is 2.82. The molecule has 0 aliphatic carbocycles. The molecule has 33 heavy (non-hydrogen) atoms. The first kappa shape index (κ1) is 20.4. The Bertz CT molecular complexity index is 1270. The zero-order valence-corrected chi connectivity index (χ0v) is 17.8. The zero-order chi connectivity index (χ0) is 22.6. The third kappa shape index (κ3) is 4.87. The first-order valence-corrected chi connectivity index (χ1v) is 10.4. The normalized spacial score (nSPS) is 12.2. The van der Waals surface area contributed by atoms with Gasteiger partial charge in [-0.05, 0) is 55.5 Å². The summed E-state index contributed by atoms with van der Waals surface area (Å²) in [5.74, 6) is 3.62. The van der Waals surface area contributed by atoms with Crippen LogP contribution in [0.2, 0.25) is 0 Å². The van der Waals surface area contributed by atoms with Crippen LogP contribution in [-0.2, 0) is 0 Å². The van der Waals surface area contributed by atoms with Gasteiger partial charge in [0.05, 0.1) is 0 Å². The van der Waals surface area contributed by atoms with Crippen LogP contribution in [0, 0.1) is 6.92 Å². The van der Waals surface area contributed by atoms with E-state index in [9.17, 15) is 4.79 Å². The molecule has 5 rings (SSSR count). The Morgan fingerprint density at radius 1 is 0.909 bits per heavy atom. The lowest BCUT2D eigenvalue weighted by atomic mass is 10.2. The number of amides is 2. The predicted molar refractivity (Wildman–Crippen MR) is 123 cm³/mol. The molecule has 2 amide bonds. The number of urea groups is 1. The zero-order valence-electron chi connectivity index (χ0n) is 17.8. The molecule has 0 fully saturated rings. The number of anilines is 2. The largest absolute Gasteiger partial charge is 0.486 e. The molecule has 2 aromatic heterocycles. The highest BCUT2D eigenvalue weighted by Gasteiger charge is 2.13. The van der Waals surface area contributed by atoms with E-state index in [1.54, 1.807) is 48.5 Å². The van der Waals surface area contributed by atoms with Crippen molar-refractivity contribution in [2.75, 3.05) is 23.8 Å². The number of aryl methyl sites for hydroxylation is 1. The van der Waals surface area contributed by atoms with Crippen LogP contribution < -0.4 is 24.8 Å². The van der Waals surface area contributed by atoms with Crippen molar-refractivity contribution >= 4 is 17.4 Å². The van der Waals surface area contributed by atoms with E-state index in [-0.39, 0.29) is 6.03 Å². The molecule has 0 unspecified atom stereocenters. The van der Waals surface area contributed by atoms with Gasteiger partial charge in [0.1, 0.15) is 30.6 Å². The highest BCUT2D eigenvalue weighted by atomic mass is 16.6. The molecule has 9 heteroatoms. The number of hydrogen-bond donors (Lipinski definition) is 2. The molecule has 1 aliphatic heterocycles. The third-order valence-corrected chi connectivity index (χ3v) is 4.80. The molecular formula is C24H21N5O4. The van der Waals surface area contributed by atoms with Crippen LogP contribution in [-0.4, -0.2) is 33.8 Å². The van der Waals surface area contributed by atoms with Crippen LogP contribution in [0.15, 0.2) is 73.1 Å². The average Bonchev–Trinajstić information content (AvgIpc) is 3.35. The number of carbonyl (C=O) groups excluding carboxylic acids is 1. The number of hydrogen-bond acceptors (Lipinski definition) is 6. The van der Waals surface area contributed by atoms with Gasteiger partial charge >= 0.3 is 6.03 Å². The summed E-state index contributed by atoms with van der Waals surface area (Å²) in [6.07, 6.45) is 3.81. The minimum atomic E-state index is -0.372. The molecule has 2 N–H and O–H groups in total. The summed E-state index contributed by atoms with van der Waals surface area (Å²) in [7, 11) is 0. The van der Waals surface area contributed by atoms with Gasteiger partial charge in [0.2, 0.25) is 5.88 Å². The summed E-state index contributed by atoms with van der Waals surface area (Å²) in [5, 5.41) is 5.58. The van der Waals surface area contributed by atoms with Gasteiger partial charge in [-0.25, -0.2) is 9.78 Å². The second-order valence-corrected chi connectivity index (χ2v) is 7.27. The summed E-state index contributed by atoms with van der Waals surface area (Å²) in [5.41, 5.74) is 1.22. The van der Waals surface area contributed by atoms with E-state index in [0.717, 1.165) is 5.82 Å². The Balaban J connectivity index is 1.22. The Morgan fingerprint density at radius 3 is 2.39 bits per heavy atom. The maximum atomic E-state index is 12.4. The number of benzene rings is 2. The van der Waals surface area contributed by atoms with Crippen molar-refractivity contribution < 1.29 is 19.0 Å². The molecule has 0 saturated carbocycles. The fourth-order valence-electron chi connectivity index (χ4n) is 3.34. The first-order chi connectivity index (χ1) is 16.1. The summed E-state index contributed by atoms with van der Waals surface area (Å²) in [6, 6.07) is 17.5. The van der Waals surface area contributed by atoms with E-state index in [4.69, 9.17) is 14.2 Å². The third-order valence-electron chi connectivity index (χ3n) is 4.80. The van der Waals surface area contributed by atoms with Gasteiger partial charge in [-0.3, -0.25) is 0 Å². The maximum absolute atomic E-state index is 12.4. The molecule has 0 spiro atoms. The van der Waals surface area contributed by atoms with Crippen LogP contribution in [0.25, 0.3) is 5.82 Å². The Labute approximate surface area is 190 Å². The van der Waals surface area contributed by atoms with E-state index in [2.05, 4.69) is 20.6 Å². The Morgan fingerprint density at radius 2 is 1.61 bits per heavy atom. The number of rotatable bonds is 5. The van der Waals surface area contributed by atoms with Crippen molar-refractivity contribution in [3.8, 4) is 28.9 Å². The van der Waals surface area contributed by atoms with Gasteiger partial charge in [-0.1, -0.05) is 0 Å². The lowest BCUT2D eigenvalue weighted by Crippen LogP contribution is -2.20.